The lowest BCUT2D eigenvalue weighted by Crippen LogP contribution is -2.18. The number of aromatic nitrogens is 2. The Morgan fingerprint density at radius 1 is 1.18 bits per heavy atom. The first kappa shape index (κ1) is 24.1. The van der Waals surface area contributed by atoms with Crippen molar-refractivity contribution < 1.29 is 23.8 Å². The summed E-state index contributed by atoms with van der Waals surface area (Å²) in [7, 11) is 0. The second-order valence-electron chi connectivity index (χ2n) is 9.47. The van der Waals surface area contributed by atoms with Crippen LogP contribution in [0.15, 0.2) is 76.5 Å². The van der Waals surface area contributed by atoms with E-state index in [2.05, 4.69) is 20.6 Å². The first-order valence-electron chi connectivity index (χ1n) is 12.4. The number of nitrogens with one attached hydrogen (secondary N) is 1. The van der Waals surface area contributed by atoms with Crippen LogP contribution >= 0.6 is 0 Å². The molecule has 2 unspecified atom stereocenters. The highest BCUT2D eigenvalue weighted by Gasteiger charge is 2.29. The van der Waals surface area contributed by atoms with Gasteiger partial charge in [-0.15, -0.1) is 10.2 Å². The van der Waals surface area contributed by atoms with E-state index in [-0.39, 0.29) is 24.1 Å². The van der Waals surface area contributed by atoms with Crippen LogP contribution in [0, 0.1) is 17.7 Å². The summed E-state index contributed by atoms with van der Waals surface area (Å²) in [5.41, 5.74) is 3.51. The molecule has 2 amide bonds. The molecule has 2 atom stereocenters. The van der Waals surface area contributed by atoms with Crippen LogP contribution in [0.1, 0.15) is 28.0 Å². The molecule has 2 N–H and O–H groups in total. The number of rotatable bonds is 6. The van der Waals surface area contributed by atoms with E-state index in [4.69, 9.17) is 4.74 Å². The minimum absolute atomic E-state index is 0.111. The summed E-state index contributed by atoms with van der Waals surface area (Å²) in [6, 6.07) is 9.33. The van der Waals surface area contributed by atoms with Crippen LogP contribution in [-0.2, 0) is 22.7 Å². The van der Waals surface area contributed by atoms with E-state index in [0.717, 1.165) is 6.42 Å². The summed E-state index contributed by atoms with van der Waals surface area (Å²) in [4.78, 5) is 25.5. The van der Waals surface area contributed by atoms with Crippen LogP contribution in [0.2, 0.25) is 0 Å². The molecule has 192 valence electrons. The van der Waals surface area contributed by atoms with Gasteiger partial charge in [-0.3, -0.25) is 14.3 Å². The Morgan fingerprint density at radius 2 is 2.08 bits per heavy atom. The molecular formula is C28H24FN5O4. The van der Waals surface area contributed by atoms with Crippen molar-refractivity contribution in [1.82, 2.24) is 9.78 Å². The standard InChI is InChI=1S/C28H24FN5O4/c29-18-5-8-24-23(12-18)26(33-34(24)13-16-9-10-38-15-16)28(37)30-19-6-7-20(17(11-19)14-35)25-21-3-1-2-4-22(21)27(36)32-31-25/h1-8,11-12,16,22,35H,9-10,13-15H2,(H,30,37). The highest BCUT2D eigenvalue weighted by atomic mass is 19.1. The molecule has 1 saturated heterocycles. The molecule has 10 heteroatoms. The van der Waals surface area contributed by atoms with Gasteiger partial charge in [0.25, 0.3) is 11.8 Å². The zero-order valence-corrected chi connectivity index (χ0v) is 20.3. The fraction of sp³-hybridized carbons (Fsp3) is 0.250. The smallest absolute Gasteiger partial charge is 0.276 e. The van der Waals surface area contributed by atoms with E-state index >= 15 is 0 Å². The molecule has 38 heavy (non-hydrogen) atoms. The third-order valence-electron chi connectivity index (χ3n) is 6.98. The van der Waals surface area contributed by atoms with Crippen molar-refractivity contribution in [1.29, 1.82) is 0 Å². The van der Waals surface area contributed by atoms with Crippen LogP contribution in [0.5, 0.6) is 0 Å². The van der Waals surface area contributed by atoms with Gasteiger partial charge in [0.2, 0.25) is 0 Å². The second-order valence-corrected chi connectivity index (χ2v) is 9.47. The van der Waals surface area contributed by atoms with Crippen molar-refractivity contribution in [2.45, 2.75) is 19.6 Å². The van der Waals surface area contributed by atoms with Crippen LogP contribution in [0.3, 0.4) is 0 Å². The average Bonchev–Trinajstić information content (AvgIpc) is 3.57. The van der Waals surface area contributed by atoms with Crippen LogP contribution in [-0.4, -0.2) is 39.9 Å². The zero-order valence-electron chi connectivity index (χ0n) is 20.3. The van der Waals surface area contributed by atoms with Gasteiger partial charge in [-0.1, -0.05) is 30.4 Å². The maximum absolute atomic E-state index is 14.1. The minimum Gasteiger partial charge on any atom is -0.392 e. The van der Waals surface area contributed by atoms with E-state index in [1.54, 1.807) is 41.1 Å². The van der Waals surface area contributed by atoms with Crippen LogP contribution in [0.4, 0.5) is 10.1 Å². The number of hydrogen-bond acceptors (Lipinski definition) is 6. The van der Waals surface area contributed by atoms with Gasteiger partial charge in [0, 0.05) is 35.7 Å². The van der Waals surface area contributed by atoms with E-state index in [1.807, 2.05) is 12.2 Å². The molecular weight excluding hydrogens is 489 g/mol. The number of nitrogens with zero attached hydrogens (tertiary/aromatic N) is 4. The molecule has 0 radical (unpaired) electrons. The third-order valence-corrected chi connectivity index (χ3v) is 6.98. The van der Waals surface area contributed by atoms with Crippen molar-refractivity contribution in [3.63, 3.8) is 0 Å². The molecule has 0 spiro atoms. The lowest BCUT2D eigenvalue weighted by Gasteiger charge is -2.21. The normalized spacial score (nSPS) is 20.4. The molecule has 0 bridgehead atoms. The van der Waals surface area contributed by atoms with Crippen molar-refractivity contribution in [3.8, 4) is 0 Å². The molecule has 2 aromatic carbocycles. The Hall–Kier alpha value is -4.28. The number of halogens is 1. The summed E-state index contributed by atoms with van der Waals surface area (Å²) < 4.78 is 21.3. The number of anilines is 1. The number of allylic oxidation sites excluding steroid dienone is 3. The number of ether oxygens (including phenoxy) is 1. The summed E-state index contributed by atoms with van der Waals surface area (Å²) in [6.45, 7) is 1.56. The van der Waals surface area contributed by atoms with E-state index in [0.29, 0.717) is 58.7 Å². The fourth-order valence-electron chi connectivity index (χ4n) is 5.07. The molecule has 6 rings (SSSR count). The van der Waals surface area contributed by atoms with Crippen molar-refractivity contribution in [2.24, 2.45) is 22.1 Å². The molecule has 0 saturated carbocycles. The van der Waals surface area contributed by atoms with E-state index < -0.39 is 17.6 Å². The third kappa shape index (κ3) is 4.37. The summed E-state index contributed by atoms with van der Waals surface area (Å²) >= 11 is 0. The minimum atomic E-state index is -0.516. The zero-order chi connectivity index (χ0) is 26.2. The van der Waals surface area contributed by atoms with E-state index in [1.165, 1.54) is 12.1 Å². The number of carbonyl (C=O) groups excluding carboxylic acids is 2. The quantitative estimate of drug-likeness (QED) is 0.507. The fourth-order valence-corrected chi connectivity index (χ4v) is 5.07. The van der Waals surface area contributed by atoms with E-state index in [9.17, 15) is 19.1 Å². The lowest BCUT2D eigenvalue weighted by atomic mass is 9.88. The predicted octanol–water partition coefficient (Wildman–Crippen LogP) is 4.40. The van der Waals surface area contributed by atoms with Crippen molar-refractivity contribution in [3.05, 3.63) is 88.9 Å². The Kier molecular flexibility index (Phi) is 6.26. The number of aliphatic hydroxyl groups excluding tert-OH is 1. The summed E-state index contributed by atoms with van der Waals surface area (Å²) in [5.74, 6) is -1.54. The summed E-state index contributed by atoms with van der Waals surface area (Å²) in [5, 5.41) is 25.8. The molecule has 3 aromatic rings. The number of aliphatic hydroxyl groups is 1. The number of carbonyl (C=O) groups is 2. The number of fused-ring (bicyclic) bond motifs is 2. The maximum Gasteiger partial charge on any atom is 0.276 e. The van der Waals surface area contributed by atoms with Crippen molar-refractivity contribution in [2.75, 3.05) is 18.5 Å². The van der Waals surface area contributed by atoms with Gasteiger partial charge in [0.05, 0.1) is 30.3 Å². The highest BCUT2D eigenvalue weighted by molar-refractivity contribution is 6.11. The van der Waals surface area contributed by atoms with Gasteiger partial charge < -0.3 is 15.2 Å². The highest BCUT2D eigenvalue weighted by Crippen LogP contribution is 2.36. The second kappa shape index (κ2) is 9.88. The maximum atomic E-state index is 14.1. The molecule has 3 aliphatic rings. The Morgan fingerprint density at radius 3 is 2.89 bits per heavy atom. The van der Waals surface area contributed by atoms with Crippen molar-refractivity contribution >= 4 is 34.1 Å². The number of hydrogen-bond donors (Lipinski definition) is 2. The molecule has 9 nitrogen and oxygen atoms in total. The summed E-state index contributed by atoms with van der Waals surface area (Å²) in [6.07, 6.45) is 8.08. The lowest BCUT2D eigenvalue weighted by molar-refractivity contribution is -0.119. The Balaban J connectivity index is 1.31. The number of azo groups is 1. The molecule has 3 heterocycles. The van der Waals surface area contributed by atoms with Gasteiger partial charge in [-0.25, -0.2) is 4.39 Å². The number of amides is 2. The van der Waals surface area contributed by atoms with Gasteiger partial charge >= 0.3 is 0 Å². The Labute approximate surface area is 217 Å². The largest absolute Gasteiger partial charge is 0.392 e. The first-order chi connectivity index (χ1) is 18.5. The SMILES string of the molecule is O=C(Nc1ccc(C2=C3C=CC=CC3C(=O)N=N2)c(CO)c1)c1nn(CC2CCOC2)c2ccc(F)cc12. The average molecular weight is 514 g/mol. The molecule has 1 aromatic heterocycles. The van der Waals surface area contributed by atoms with Gasteiger partial charge in [0.15, 0.2) is 5.69 Å². The van der Waals surface area contributed by atoms with Gasteiger partial charge in [-0.2, -0.15) is 5.10 Å². The topological polar surface area (TPSA) is 118 Å². The molecule has 2 aliphatic heterocycles. The van der Waals surface area contributed by atoms with Crippen LogP contribution < -0.4 is 5.32 Å². The molecule has 1 aliphatic carbocycles. The molecule has 1 fully saturated rings. The van der Waals surface area contributed by atoms with Gasteiger partial charge in [-0.05, 0) is 47.9 Å². The number of benzene rings is 2. The monoisotopic (exact) mass is 513 g/mol. The Bertz CT molecular complexity index is 1580. The predicted molar refractivity (Wildman–Crippen MR) is 137 cm³/mol. The first-order valence-corrected chi connectivity index (χ1v) is 12.4. The van der Waals surface area contributed by atoms with Gasteiger partial charge in [0.1, 0.15) is 5.82 Å². The van der Waals surface area contributed by atoms with Crippen LogP contribution in [0.25, 0.3) is 16.6 Å².